The predicted octanol–water partition coefficient (Wildman–Crippen LogP) is 3.68. The molecule has 3 aromatic heterocycles. The van der Waals surface area contributed by atoms with Crippen molar-refractivity contribution in [2.24, 2.45) is 0 Å². The zero-order chi connectivity index (χ0) is 22.3. The van der Waals surface area contributed by atoms with Gasteiger partial charge in [0.05, 0.1) is 17.8 Å². The van der Waals surface area contributed by atoms with Crippen LogP contribution in [-0.4, -0.2) is 25.6 Å². The van der Waals surface area contributed by atoms with Crippen molar-refractivity contribution in [3.63, 3.8) is 0 Å². The monoisotopic (exact) mass is 419 g/mol. The molecule has 1 aromatic carbocycles. The maximum atomic E-state index is 12.7. The molecule has 0 aliphatic rings. The minimum Gasteiger partial charge on any atom is -0.359 e. The van der Waals surface area contributed by atoms with Gasteiger partial charge in [0.2, 0.25) is 0 Å². The van der Waals surface area contributed by atoms with E-state index >= 15 is 0 Å². The van der Waals surface area contributed by atoms with Crippen molar-refractivity contribution in [3.8, 4) is 11.1 Å². The molecule has 160 valence electrons. The number of amides is 1. The Kier molecular flexibility index (Phi) is 5.00. The first kappa shape index (κ1) is 20.6. The van der Waals surface area contributed by atoms with Crippen LogP contribution in [0, 0.1) is 13.8 Å². The van der Waals surface area contributed by atoms with Crippen molar-refractivity contribution >= 4 is 17.1 Å². The number of fused-ring (bicyclic) bond motifs is 1. The molecule has 31 heavy (non-hydrogen) atoms. The number of carbonyl (C=O) groups excluding carboxylic acids is 1. The molecule has 0 aliphatic heterocycles. The molecule has 0 saturated heterocycles. The van der Waals surface area contributed by atoms with E-state index in [0.717, 1.165) is 22.4 Å². The Morgan fingerprint density at radius 3 is 2.65 bits per heavy atom. The van der Waals surface area contributed by atoms with Crippen molar-refractivity contribution < 1.29 is 9.32 Å². The van der Waals surface area contributed by atoms with E-state index in [1.165, 1.54) is 0 Å². The van der Waals surface area contributed by atoms with E-state index in [4.69, 9.17) is 4.52 Å². The van der Waals surface area contributed by atoms with Crippen LogP contribution in [0.1, 0.15) is 48.1 Å². The van der Waals surface area contributed by atoms with Crippen LogP contribution in [0.3, 0.4) is 0 Å². The van der Waals surface area contributed by atoms with Crippen LogP contribution in [0.15, 0.2) is 45.8 Å². The average Bonchev–Trinajstić information content (AvgIpc) is 3.27. The van der Waals surface area contributed by atoms with Crippen LogP contribution in [0.4, 0.5) is 0 Å². The standard InChI is InChI=1S/C23H25N5O3/c1-13-6-7-15(21(29)25-12-17-8-14(2)27-31-17)9-18(13)16-10-19-20(24-11-16)28(22(30)26-19)23(3,4)5/h6-11H,12H2,1-5H3,(H,25,29)(H,26,30). The molecule has 0 bridgehead atoms. The van der Waals surface area contributed by atoms with Gasteiger partial charge < -0.3 is 14.8 Å². The summed E-state index contributed by atoms with van der Waals surface area (Å²) in [4.78, 5) is 32.5. The summed E-state index contributed by atoms with van der Waals surface area (Å²) in [5.74, 6) is 0.386. The summed E-state index contributed by atoms with van der Waals surface area (Å²) in [6, 6.07) is 9.19. The molecule has 0 atom stereocenters. The third-order valence-corrected chi connectivity index (χ3v) is 5.10. The fourth-order valence-corrected chi connectivity index (χ4v) is 3.61. The maximum Gasteiger partial charge on any atom is 0.328 e. The molecular formula is C23H25N5O3. The molecule has 8 nitrogen and oxygen atoms in total. The lowest BCUT2D eigenvalue weighted by Gasteiger charge is -2.19. The van der Waals surface area contributed by atoms with Gasteiger partial charge in [-0.3, -0.25) is 9.36 Å². The fourth-order valence-electron chi connectivity index (χ4n) is 3.61. The summed E-state index contributed by atoms with van der Waals surface area (Å²) >= 11 is 0. The second-order valence-corrected chi connectivity index (χ2v) is 8.68. The number of benzene rings is 1. The molecule has 1 amide bonds. The lowest BCUT2D eigenvalue weighted by Crippen LogP contribution is -2.32. The highest BCUT2D eigenvalue weighted by Crippen LogP contribution is 2.27. The first-order valence-electron chi connectivity index (χ1n) is 10.1. The van der Waals surface area contributed by atoms with Gasteiger partial charge in [0, 0.05) is 28.9 Å². The quantitative estimate of drug-likeness (QED) is 0.525. The molecule has 4 aromatic rings. The molecule has 4 rings (SSSR count). The van der Waals surface area contributed by atoms with Crippen LogP contribution in [0.5, 0.6) is 0 Å². The van der Waals surface area contributed by atoms with Crippen LogP contribution < -0.4 is 11.0 Å². The Bertz CT molecular complexity index is 1340. The van der Waals surface area contributed by atoms with Gasteiger partial charge in [0.25, 0.3) is 5.91 Å². The molecule has 0 fully saturated rings. The maximum absolute atomic E-state index is 12.7. The molecule has 0 spiro atoms. The second kappa shape index (κ2) is 7.54. The lowest BCUT2D eigenvalue weighted by molar-refractivity contribution is 0.0947. The number of aryl methyl sites for hydroxylation is 2. The summed E-state index contributed by atoms with van der Waals surface area (Å²) in [7, 11) is 0. The minimum atomic E-state index is -0.389. The zero-order valence-corrected chi connectivity index (χ0v) is 18.2. The summed E-state index contributed by atoms with van der Waals surface area (Å²) in [6.45, 7) is 9.95. The number of hydrogen-bond acceptors (Lipinski definition) is 5. The summed E-state index contributed by atoms with van der Waals surface area (Å²) in [5.41, 5.74) is 4.68. The van der Waals surface area contributed by atoms with E-state index in [-0.39, 0.29) is 23.7 Å². The van der Waals surface area contributed by atoms with Crippen molar-refractivity contribution in [3.05, 3.63) is 69.6 Å². The number of carbonyl (C=O) groups is 1. The molecule has 0 aliphatic carbocycles. The molecule has 0 saturated carbocycles. The minimum absolute atomic E-state index is 0.195. The van der Waals surface area contributed by atoms with Gasteiger partial charge >= 0.3 is 5.69 Å². The number of imidazole rings is 1. The number of H-pyrrole nitrogens is 1. The van der Waals surface area contributed by atoms with Crippen LogP contribution in [0.2, 0.25) is 0 Å². The van der Waals surface area contributed by atoms with Gasteiger partial charge in [-0.05, 0) is 63.9 Å². The van der Waals surface area contributed by atoms with Gasteiger partial charge in [-0.1, -0.05) is 11.2 Å². The van der Waals surface area contributed by atoms with Crippen molar-refractivity contribution in [1.29, 1.82) is 0 Å². The van der Waals surface area contributed by atoms with Gasteiger partial charge in [-0.25, -0.2) is 9.78 Å². The fraction of sp³-hybridized carbons (Fsp3) is 0.304. The van der Waals surface area contributed by atoms with Gasteiger partial charge in [0.1, 0.15) is 0 Å². The number of aromatic nitrogens is 4. The summed E-state index contributed by atoms with van der Waals surface area (Å²) in [6.07, 6.45) is 1.74. The van der Waals surface area contributed by atoms with Crippen molar-refractivity contribution in [2.45, 2.75) is 46.7 Å². The highest BCUT2D eigenvalue weighted by Gasteiger charge is 2.21. The largest absolute Gasteiger partial charge is 0.359 e. The normalized spacial score (nSPS) is 11.8. The van der Waals surface area contributed by atoms with Crippen LogP contribution >= 0.6 is 0 Å². The Morgan fingerprint density at radius 1 is 1.19 bits per heavy atom. The SMILES string of the molecule is Cc1cc(CNC(=O)c2ccc(C)c(-c3cnc4c(c3)[nH]c(=O)n4C(C)(C)C)c2)on1. The second-order valence-electron chi connectivity index (χ2n) is 8.68. The van der Waals surface area contributed by atoms with Gasteiger partial charge in [-0.15, -0.1) is 0 Å². The Labute approximate surface area is 179 Å². The highest BCUT2D eigenvalue weighted by molar-refractivity contribution is 5.96. The summed E-state index contributed by atoms with van der Waals surface area (Å²) in [5, 5.41) is 6.66. The number of nitrogens with one attached hydrogen (secondary N) is 2. The number of aromatic amines is 1. The van der Waals surface area contributed by atoms with Crippen molar-refractivity contribution in [1.82, 2.24) is 25.0 Å². The number of pyridine rings is 1. The predicted molar refractivity (Wildman–Crippen MR) is 118 cm³/mol. The third-order valence-electron chi connectivity index (χ3n) is 5.10. The average molecular weight is 419 g/mol. The van der Waals surface area contributed by atoms with Crippen LogP contribution in [0.25, 0.3) is 22.3 Å². The number of hydrogen-bond donors (Lipinski definition) is 2. The molecule has 0 unspecified atom stereocenters. The van der Waals surface area contributed by atoms with E-state index in [1.807, 2.05) is 52.8 Å². The zero-order valence-electron chi connectivity index (χ0n) is 18.2. The van der Waals surface area contributed by atoms with E-state index in [1.54, 1.807) is 22.9 Å². The first-order valence-corrected chi connectivity index (χ1v) is 10.1. The highest BCUT2D eigenvalue weighted by atomic mass is 16.5. The van der Waals surface area contributed by atoms with Crippen molar-refractivity contribution in [2.75, 3.05) is 0 Å². The van der Waals surface area contributed by atoms with Gasteiger partial charge in [0.15, 0.2) is 11.4 Å². The third kappa shape index (κ3) is 4.01. The smallest absolute Gasteiger partial charge is 0.328 e. The van der Waals surface area contributed by atoms with E-state index in [0.29, 0.717) is 22.5 Å². The first-order chi connectivity index (χ1) is 14.6. The molecular weight excluding hydrogens is 394 g/mol. The Balaban J connectivity index is 1.66. The Hall–Kier alpha value is -3.68. The van der Waals surface area contributed by atoms with E-state index in [2.05, 4.69) is 20.4 Å². The van der Waals surface area contributed by atoms with E-state index in [9.17, 15) is 9.59 Å². The van der Waals surface area contributed by atoms with Crippen LogP contribution in [-0.2, 0) is 12.1 Å². The van der Waals surface area contributed by atoms with Gasteiger partial charge in [-0.2, -0.15) is 0 Å². The number of nitrogens with zero attached hydrogens (tertiary/aromatic N) is 3. The Morgan fingerprint density at radius 2 is 1.97 bits per heavy atom. The lowest BCUT2D eigenvalue weighted by atomic mass is 9.99. The summed E-state index contributed by atoms with van der Waals surface area (Å²) < 4.78 is 6.78. The van der Waals surface area contributed by atoms with E-state index < -0.39 is 0 Å². The molecule has 3 heterocycles. The molecule has 0 radical (unpaired) electrons. The number of rotatable bonds is 4. The molecule has 8 heteroatoms. The molecule has 2 N–H and O–H groups in total. The topological polar surface area (TPSA) is 106 Å².